The summed E-state index contributed by atoms with van der Waals surface area (Å²) >= 11 is 5.85. The third kappa shape index (κ3) is 4.07. The lowest BCUT2D eigenvalue weighted by Gasteiger charge is -2.18. The van der Waals surface area contributed by atoms with Crippen LogP contribution in [0.1, 0.15) is 27.5 Å². The number of carbonyl (C=O) groups excluding carboxylic acids is 2. The summed E-state index contributed by atoms with van der Waals surface area (Å²) in [5, 5.41) is 2.36. The van der Waals surface area contributed by atoms with E-state index < -0.39 is 23.9 Å². The number of nitrogens with one attached hydrogen (secondary N) is 1. The van der Waals surface area contributed by atoms with Gasteiger partial charge in [0.05, 0.1) is 20.3 Å². The smallest absolute Gasteiger partial charge is 0.471 e. The lowest BCUT2D eigenvalue weighted by atomic mass is 10.0. The van der Waals surface area contributed by atoms with E-state index in [1.165, 1.54) is 32.4 Å². The molecular weight excluding hydrogens is 411 g/mol. The number of alkyl halides is 3. The molecule has 1 amide bonds. The van der Waals surface area contributed by atoms with E-state index in [1.807, 2.05) is 5.32 Å². The topological polar surface area (TPSA) is 64.6 Å². The van der Waals surface area contributed by atoms with Gasteiger partial charge in [-0.25, -0.2) is 0 Å². The van der Waals surface area contributed by atoms with Crippen LogP contribution < -0.4 is 14.8 Å². The van der Waals surface area contributed by atoms with Crippen molar-refractivity contribution >= 4 is 29.4 Å². The Bertz CT molecular complexity index is 1000. The number of fused-ring (bicyclic) bond motifs is 1. The van der Waals surface area contributed by atoms with E-state index in [0.29, 0.717) is 10.6 Å². The van der Waals surface area contributed by atoms with Gasteiger partial charge in [0, 0.05) is 16.2 Å². The second kappa shape index (κ2) is 7.79. The maximum atomic E-state index is 13.0. The first-order valence-electron chi connectivity index (χ1n) is 8.31. The lowest BCUT2D eigenvalue weighted by molar-refractivity contribution is -0.174. The summed E-state index contributed by atoms with van der Waals surface area (Å²) in [4.78, 5) is 24.6. The summed E-state index contributed by atoms with van der Waals surface area (Å²) in [5.41, 5.74) is 0.826. The van der Waals surface area contributed by atoms with Crippen LogP contribution >= 0.6 is 11.6 Å². The van der Waals surface area contributed by atoms with E-state index in [4.69, 9.17) is 21.1 Å². The molecule has 0 saturated carbocycles. The van der Waals surface area contributed by atoms with E-state index in [1.54, 1.807) is 24.3 Å². The van der Waals surface area contributed by atoms with E-state index in [-0.39, 0.29) is 28.2 Å². The normalized spacial score (nSPS) is 17.2. The molecule has 29 heavy (non-hydrogen) atoms. The number of hydrogen-bond donors (Lipinski definition) is 1. The van der Waals surface area contributed by atoms with Gasteiger partial charge in [-0.3, -0.25) is 9.59 Å². The molecule has 2 aromatic carbocycles. The van der Waals surface area contributed by atoms with Gasteiger partial charge < -0.3 is 14.8 Å². The van der Waals surface area contributed by atoms with E-state index in [2.05, 4.69) is 0 Å². The van der Waals surface area contributed by atoms with Crippen molar-refractivity contribution in [2.45, 2.75) is 12.2 Å². The molecule has 1 N–H and O–H groups in total. The second-order valence-corrected chi connectivity index (χ2v) is 6.62. The van der Waals surface area contributed by atoms with Crippen LogP contribution in [0, 0.1) is 0 Å². The summed E-state index contributed by atoms with van der Waals surface area (Å²) in [6, 6.07) is 7.83. The summed E-state index contributed by atoms with van der Waals surface area (Å²) in [7, 11) is 2.73. The fraction of sp³-hybridized carbons (Fsp3) is 0.200. The van der Waals surface area contributed by atoms with Crippen molar-refractivity contribution in [3.63, 3.8) is 0 Å². The highest BCUT2D eigenvalue weighted by atomic mass is 35.5. The second-order valence-electron chi connectivity index (χ2n) is 6.18. The van der Waals surface area contributed by atoms with Crippen LogP contribution in [0.15, 0.2) is 42.0 Å². The molecule has 0 radical (unpaired) electrons. The third-order valence-electron chi connectivity index (χ3n) is 4.41. The predicted octanol–water partition coefficient (Wildman–Crippen LogP) is 4.36. The molecule has 3 rings (SSSR count). The van der Waals surface area contributed by atoms with Gasteiger partial charge in [-0.1, -0.05) is 23.7 Å². The predicted molar refractivity (Wildman–Crippen MR) is 100 cm³/mol. The molecule has 0 aromatic heterocycles. The first-order chi connectivity index (χ1) is 13.7. The molecule has 0 heterocycles. The lowest BCUT2D eigenvalue weighted by Crippen LogP contribution is -2.39. The van der Waals surface area contributed by atoms with Crippen LogP contribution in [-0.4, -0.2) is 32.1 Å². The minimum atomic E-state index is -5.10. The Morgan fingerprint density at radius 3 is 2.24 bits per heavy atom. The fourth-order valence-electron chi connectivity index (χ4n) is 3.04. The van der Waals surface area contributed by atoms with Gasteiger partial charge in [0.2, 0.25) is 0 Å². The van der Waals surface area contributed by atoms with Crippen LogP contribution in [-0.2, 0) is 4.79 Å². The molecule has 0 spiro atoms. The number of amides is 1. The summed E-state index contributed by atoms with van der Waals surface area (Å²) in [6.45, 7) is 0. The first kappa shape index (κ1) is 20.7. The van der Waals surface area contributed by atoms with E-state index >= 15 is 0 Å². The zero-order chi connectivity index (χ0) is 21.3. The molecule has 1 unspecified atom stereocenters. The zero-order valence-electron chi connectivity index (χ0n) is 15.3. The molecule has 5 nitrogen and oxygen atoms in total. The maximum absolute atomic E-state index is 13.0. The molecule has 0 aliphatic heterocycles. The fourth-order valence-corrected chi connectivity index (χ4v) is 3.17. The standard InChI is InChI=1S/C20H15ClF3NO4/c1-28-15-8-12-13(9-16(15)29-2)18(26)14(7-10-3-5-11(21)6-4-10)17(12)25-19(27)20(22,23)24/h3-9,17H,1-2H3,(H,25,27)/b14-7+. The molecule has 152 valence electrons. The quantitative estimate of drug-likeness (QED) is 0.739. The van der Waals surface area contributed by atoms with Crippen molar-refractivity contribution in [1.82, 2.24) is 5.32 Å². The van der Waals surface area contributed by atoms with Crippen LogP contribution in [0.25, 0.3) is 6.08 Å². The number of hydrogen-bond acceptors (Lipinski definition) is 4. The van der Waals surface area contributed by atoms with Crippen molar-refractivity contribution in [2.75, 3.05) is 14.2 Å². The number of rotatable bonds is 4. The Kier molecular flexibility index (Phi) is 5.57. The SMILES string of the molecule is COc1cc2c(cc1OC)C(NC(=O)C(F)(F)F)/C(=C\c1ccc(Cl)cc1)C2=O. The maximum Gasteiger partial charge on any atom is 0.471 e. The Hall–Kier alpha value is -3.00. The third-order valence-corrected chi connectivity index (χ3v) is 4.66. The van der Waals surface area contributed by atoms with Crippen molar-refractivity contribution in [2.24, 2.45) is 0 Å². The molecule has 1 atom stereocenters. The number of carbonyl (C=O) groups is 2. The molecule has 9 heteroatoms. The molecule has 0 bridgehead atoms. The first-order valence-corrected chi connectivity index (χ1v) is 8.69. The van der Waals surface area contributed by atoms with Gasteiger partial charge in [-0.2, -0.15) is 13.2 Å². The van der Waals surface area contributed by atoms with Gasteiger partial charge in [-0.05, 0) is 41.5 Å². The number of benzene rings is 2. The number of halogens is 4. The van der Waals surface area contributed by atoms with Crippen LogP contribution in [0.3, 0.4) is 0 Å². The minimum absolute atomic E-state index is 0.0183. The van der Waals surface area contributed by atoms with Crippen molar-refractivity contribution in [3.05, 3.63) is 63.7 Å². The van der Waals surface area contributed by atoms with Gasteiger partial charge in [0.1, 0.15) is 0 Å². The number of ether oxygens (including phenoxy) is 2. The van der Waals surface area contributed by atoms with Crippen LogP contribution in [0.5, 0.6) is 11.5 Å². The molecule has 2 aromatic rings. The van der Waals surface area contributed by atoms with E-state index in [9.17, 15) is 22.8 Å². The highest BCUT2D eigenvalue weighted by Crippen LogP contribution is 2.43. The van der Waals surface area contributed by atoms with Crippen LogP contribution in [0.2, 0.25) is 5.02 Å². The summed E-state index contributed by atoms with van der Waals surface area (Å²) < 4.78 is 48.9. The molecule has 0 fully saturated rings. The Morgan fingerprint density at radius 2 is 1.69 bits per heavy atom. The summed E-state index contributed by atoms with van der Waals surface area (Å²) in [6.07, 6.45) is -3.69. The summed E-state index contributed by atoms with van der Waals surface area (Å²) in [5.74, 6) is -2.21. The monoisotopic (exact) mass is 425 g/mol. The Labute approximate surface area is 169 Å². The highest BCUT2D eigenvalue weighted by Gasteiger charge is 2.44. The van der Waals surface area contributed by atoms with Gasteiger partial charge in [0.15, 0.2) is 17.3 Å². The largest absolute Gasteiger partial charge is 0.493 e. The number of ketones is 1. The van der Waals surface area contributed by atoms with Crippen molar-refractivity contribution in [1.29, 1.82) is 0 Å². The highest BCUT2D eigenvalue weighted by molar-refractivity contribution is 6.30. The number of methoxy groups -OCH3 is 2. The minimum Gasteiger partial charge on any atom is -0.493 e. The van der Waals surface area contributed by atoms with Gasteiger partial charge in [0.25, 0.3) is 0 Å². The van der Waals surface area contributed by atoms with Crippen molar-refractivity contribution < 1.29 is 32.2 Å². The Balaban J connectivity index is 2.14. The van der Waals surface area contributed by atoms with E-state index in [0.717, 1.165) is 0 Å². The molecule has 1 aliphatic rings. The Morgan fingerprint density at radius 1 is 1.10 bits per heavy atom. The zero-order valence-corrected chi connectivity index (χ0v) is 16.0. The average molecular weight is 426 g/mol. The molecule has 1 aliphatic carbocycles. The molecule has 0 saturated heterocycles. The molecular formula is C20H15ClF3NO4. The average Bonchev–Trinajstić information content (AvgIpc) is 2.92. The van der Waals surface area contributed by atoms with Gasteiger partial charge >= 0.3 is 12.1 Å². The number of Topliss-reactive ketones (excluding diaryl/α,β-unsaturated/α-hetero) is 1. The van der Waals surface area contributed by atoms with Crippen molar-refractivity contribution in [3.8, 4) is 11.5 Å². The van der Waals surface area contributed by atoms with Gasteiger partial charge in [-0.15, -0.1) is 0 Å². The van der Waals surface area contributed by atoms with Crippen LogP contribution in [0.4, 0.5) is 13.2 Å².